The quantitative estimate of drug-likeness (QED) is 0.389. The molecule has 2 rings (SSSR count). The summed E-state index contributed by atoms with van der Waals surface area (Å²) in [5.74, 6) is -1.13. The third kappa shape index (κ3) is 4.39. The summed E-state index contributed by atoms with van der Waals surface area (Å²) in [6.07, 6.45) is 2.24. The van der Waals surface area contributed by atoms with E-state index in [1.165, 1.54) is 38.6 Å². The molecule has 1 amide bonds. The summed E-state index contributed by atoms with van der Waals surface area (Å²) < 4.78 is 23.0. The smallest absolute Gasteiger partial charge is 0.331 e. The van der Waals surface area contributed by atoms with Crippen LogP contribution in [-0.4, -0.2) is 37.5 Å². The molecule has 7 nitrogen and oxygen atoms in total. The van der Waals surface area contributed by atoms with Gasteiger partial charge in [0.2, 0.25) is 0 Å². The van der Waals surface area contributed by atoms with Crippen molar-refractivity contribution in [3.8, 4) is 5.75 Å². The van der Waals surface area contributed by atoms with Crippen LogP contribution in [0.2, 0.25) is 0 Å². The van der Waals surface area contributed by atoms with E-state index in [0.717, 1.165) is 17.8 Å². The normalized spacial score (nSPS) is 17.8. The number of amidine groups is 1. The Morgan fingerprint density at radius 2 is 2.17 bits per heavy atom. The maximum Gasteiger partial charge on any atom is 0.331 e. The first kappa shape index (κ1) is 16.7. The Morgan fingerprint density at radius 3 is 2.87 bits per heavy atom. The summed E-state index contributed by atoms with van der Waals surface area (Å²) >= 11 is 0.927. The van der Waals surface area contributed by atoms with Crippen molar-refractivity contribution in [2.45, 2.75) is 0 Å². The largest absolute Gasteiger partial charge is 0.497 e. The van der Waals surface area contributed by atoms with Crippen molar-refractivity contribution in [2.24, 2.45) is 10.2 Å². The molecule has 0 radical (unpaired) electrons. The molecule has 1 fully saturated rings. The lowest BCUT2D eigenvalue weighted by atomic mass is 10.2. The molecule has 0 spiro atoms. The van der Waals surface area contributed by atoms with Crippen LogP contribution in [0.15, 0.2) is 39.4 Å². The number of esters is 1. The van der Waals surface area contributed by atoms with Crippen molar-refractivity contribution in [2.75, 3.05) is 14.2 Å². The fourth-order valence-corrected chi connectivity index (χ4v) is 2.27. The highest BCUT2D eigenvalue weighted by molar-refractivity contribution is 8.18. The topological polar surface area (TPSA) is 89.3 Å². The van der Waals surface area contributed by atoms with Gasteiger partial charge in [-0.3, -0.25) is 10.1 Å². The maximum atomic E-state index is 13.6. The van der Waals surface area contributed by atoms with E-state index < -0.39 is 17.7 Å². The molecule has 1 saturated heterocycles. The number of halogens is 1. The van der Waals surface area contributed by atoms with E-state index in [1.807, 2.05) is 0 Å². The molecule has 0 bridgehead atoms. The molecule has 0 aliphatic carbocycles. The second-order valence-corrected chi connectivity index (χ2v) is 5.16. The van der Waals surface area contributed by atoms with Gasteiger partial charge in [-0.05, 0) is 30.0 Å². The zero-order valence-corrected chi connectivity index (χ0v) is 13.0. The molecule has 23 heavy (non-hydrogen) atoms. The molecule has 1 aromatic carbocycles. The predicted octanol–water partition coefficient (Wildman–Crippen LogP) is 1.44. The number of carbonyl (C=O) groups excluding carboxylic acids is 2. The molecular formula is C14H12FN3O4S. The summed E-state index contributed by atoms with van der Waals surface area (Å²) in [5.41, 5.74) is 0.188. The number of nitrogens with one attached hydrogen (secondary N) is 1. The molecule has 1 aliphatic rings. The SMILES string of the molecule is COC(=O)/C=C1/S/C(=N\N=Cc2cc(OC)ccc2F)NC1=O. The van der Waals surface area contributed by atoms with Gasteiger partial charge in [0.05, 0.1) is 25.3 Å². The number of hydrogen-bond donors (Lipinski definition) is 1. The van der Waals surface area contributed by atoms with E-state index in [4.69, 9.17) is 4.74 Å². The van der Waals surface area contributed by atoms with Crippen molar-refractivity contribution in [1.82, 2.24) is 5.32 Å². The number of thioether (sulfide) groups is 1. The minimum Gasteiger partial charge on any atom is -0.497 e. The van der Waals surface area contributed by atoms with Crippen LogP contribution < -0.4 is 10.1 Å². The molecular weight excluding hydrogens is 325 g/mol. The van der Waals surface area contributed by atoms with Crippen molar-refractivity contribution in [1.29, 1.82) is 0 Å². The first-order valence-corrected chi connectivity index (χ1v) is 7.08. The van der Waals surface area contributed by atoms with Gasteiger partial charge in [0.25, 0.3) is 5.91 Å². The van der Waals surface area contributed by atoms with Crippen molar-refractivity contribution in [3.05, 3.63) is 40.6 Å². The third-order valence-electron chi connectivity index (χ3n) is 2.65. The minimum atomic E-state index is -0.647. The number of hydrogen-bond acceptors (Lipinski definition) is 7. The van der Waals surface area contributed by atoms with E-state index in [-0.39, 0.29) is 15.6 Å². The Labute approximate surface area is 135 Å². The molecule has 1 aliphatic heterocycles. The summed E-state index contributed by atoms with van der Waals surface area (Å²) in [5, 5.41) is 10.1. The monoisotopic (exact) mass is 337 g/mol. The van der Waals surface area contributed by atoms with E-state index in [2.05, 4.69) is 20.3 Å². The third-order valence-corrected chi connectivity index (χ3v) is 3.55. The molecule has 0 saturated carbocycles. The minimum absolute atomic E-state index is 0.137. The number of amides is 1. The van der Waals surface area contributed by atoms with Crippen molar-refractivity contribution >= 4 is 35.0 Å². The second-order valence-electron chi connectivity index (χ2n) is 4.13. The van der Waals surface area contributed by atoms with Crippen LogP contribution in [0.4, 0.5) is 4.39 Å². The van der Waals surface area contributed by atoms with E-state index in [9.17, 15) is 14.0 Å². The van der Waals surface area contributed by atoms with Gasteiger partial charge >= 0.3 is 5.97 Å². The van der Waals surface area contributed by atoms with Crippen LogP contribution in [0.25, 0.3) is 0 Å². The van der Waals surface area contributed by atoms with Crippen LogP contribution >= 0.6 is 11.8 Å². The predicted molar refractivity (Wildman–Crippen MR) is 83.8 cm³/mol. The zero-order valence-electron chi connectivity index (χ0n) is 12.2. The lowest BCUT2D eigenvalue weighted by Gasteiger charge is -2.00. The molecule has 1 heterocycles. The van der Waals surface area contributed by atoms with Crippen LogP contribution in [0.1, 0.15) is 5.56 Å². The number of carbonyl (C=O) groups is 2. The van der Waals surface area contributed by atoms with E-state index >= 15 is 0 Å². The van der Waals surface area contributed by atoms with Crippen LogP contribution in [0, 0.1) is 5.82 Å². The zero-order chi connectivity index (χ0) is 16.8. The highest BCUT2D eigenvalue weighted by Gasteiger charge is 2.24. The molecule has 0 aromatic heterocycles. The van der Waals surface area contributed by atoms with Gasteiger partial charge in [-0.2, -0.15) is 5.10 Å². The first-order valence-electron chi connectivity index (χ1n) is 6.27. The van der Waals surface area contributed by atoms with Gasteiger partial charge < -0.3 is 9.47 Å². The number of nitrogens with zero attached hydrogens (tertiary/aromatic N) is 2. The summed E-state index contributed by atoms with van der Waals surface area (Å²) in [4.78, 5) is 22.8. The van der Waals surface area contributed by atoms with E-state index in [0.29, 0.717) is 5.75 Å². The summed E-state index contributed by atoms with van der Waals surface area (Å²) in [7, 11) is 2.67. The van der Waals surface area contributed by atoms with E-state index in [1.54, 1.807) is 0 Å². The van der Waals surface area contributed by atoms with Gasteiger partial charge in [0.1, 0.15) is 11.6 Å². The first-order chi connectivity index (χ1) is 11.0. The molecule has 9 heteroatoms. The highest BCUT2D eigenvalue weighted by Crippen LogP contribution is 2.23. The fourth-order valence-electron chi connectivity index (χ4n) is 1.53. The standard InChI is InChI=1S/C14H12FN3O4S/c1-21-9-3-4-10(15)8(5-9)7-16-18-14-17-13(20)11(23-14)6-12(19)22-2/h3-7H,1-2H3,(H,17,18,20)/b11-6+,16-7?. The average Bonchev–Trinajstić information content (AvgIpc) is 2.88. The van der Waals surface area contributed by atoms with Crippen LogP contribution in [0.3, 0.4) is 0 Å². The van der Waals surface area contributed by atoms with Gasteiger partial charge in [0.15, 0.2) is 5.17 Å². The van der Waals surface area contributed by atoms with Gasteiger partial charge in [-0.15, -0.1) is 5.10 Å². The van der Waals surface area contributed by atoms with Gasteiger partial charge in [-0.1, -0.05) is 0 Å². The molecule has 0 atom stereocenters. The van der Waals surface area contributed by atoms with Crippen LogP contribution in [-0.2, 0) is 14.3 Å². The molecule has 1 N–H and O–H groups in total. The maximum absolute atomic E-state index is 13.6. The Hall–Kier alpha value is -2.68. The Balaban J connectivity index is 2.11. The van der Waals surface area contributed by atoms with Crippen molar-refractivity contribution < 1.29 is 23.5 Å². The lowest BCUT2D eigenvalue weighted by Crippen LogP contribution is -2.19. The second kappa shape index (κ2) is 7.54. The Bertz CT molecular complexity index is 731. The summed E-state index contributed by atoms with van der Waals surface area (Å²) in [6.45, 7) is 0. The fraction of sp³-hybridized carbons (Fsp3) is 0.143. The number of rotatable bonds is 4. The van der Waals surface area contributed by atoms with Crippen molar-refractivity contribution in [3.63, 3.8) is 0 Å². The molecule has 120 valence electrons. The molecule has 1 aromatic rings. The van der Waals surface area contributed by atoms with Gasteiger partial charge in [0, 0.05) is 11.6 Å². The number of ether oxygens (including phenoxy) is 2. The van der Waals surface area contributed by atoms with Gasteiger partial charge in [-0.25, -0.2) is 9.18 Å². The molecule has 0 unspecified atom stereocenters. The Morgan fingerprint density at radius 1 is 1.39 bits per heavy atom. The Kier molecular flexibility index (Phi) is 5.47. The average molecular weight is 337 g/mol. The number of methoxy groups -OCH3 is 2. The number of benzene rings is 1. The lowest BCUT2D eigenvalue weighted by molar-refractivity contribution is -0.135. The van der Waals surface area contributed by atoms with Crippen LogP contribution in [0.5, 0.6) is 5.75 Å². The summed E-state index contributed by atoms with van der Waals surface area (Å²) in [6, 6.07) is 4.19. The highest BCUT2D eigenvalue weighted by atomic mass is 32.2.